The second kappa shape index (κ2) is 5.09. The highest BCUT2D eigenvalue weighted by atomic mass is 79.9. The van der Waals surface area contributed by atoms with Crippen molar-refractivity contribution in [1.82, 2.24) is 4.57 Å². The van der Waals surface area contributed by atoms with Crippen molar-refractivity contribution in [2.75, 3.05) is 0 Å². The van der Waals surface area contributed by atoms with Gasteiger partial charge in [0.15, 0.2) is 0 Å². The van der Waals surface area contributed by atoms with E-state index in [1.807, 2.05) is 0 Å². The van der Waals surface area contributed by atoms with Crippen LogP contribution in [0.15, 0.2) is 89.4 Å². The maximum atomic E-state index is 3.65. The summed E-state index contributed by atoms with van der Waals surface area (Å²) in [7, 11) is 0. The van der Waals surface area contributed by atoms with E-state index in [1.165, 1.54) is 49.7 Å². The van der Waals surface area contributed by atoms with E-state index in [4.69, 9.17) is 0 Å². The van der Waals surface area contributed by atoms with Gasteiger partial charge in [0.05, 0.1) is 16.7 Å². The van der Waals surface area contributed by atoms with Crippen molar-refractivity contribution in [3.63, 3.8) is 0 Å². The highest BCUT2D eigenvalue weighted by Gasteiger charge is 2.23. The van der Waals surface area contributed by atoms with Crippen LogP contribution < -0.4 is 0 Å². The second-order valence-corrected chi connectivity index (χ2v) is 7.68. The molecule has 1 aromatic heterocycles. The molecule has 122 valence electrons. The van der Waals surface area contributed by atoms with Crippen molar-refractivity contribution >= 4 is 37.7 Å². The van der Waals surface area contributed by atoms with Crippen LogP contribution in [0.4, 0.5) is 0 Å². The van der Waals surface area contributed by atoms with E-state index in [9.17, 15) is 0 Å². The first kappa shape index (κ1) is 14.3. The Bertz CT molecular complexity index is 1340. The maximum absolute atomic E-state index is 3.65. The highest BCUT2D eigenvalue weighted by Crippen LogP contribution is 2.46. The van der Waals surface area contributed by atoms with Crippen LogP contribution in [0.2, 0.25) is 0 Å². The molecule has 26 heavy (non-hydrogen) atoms. The van der Waals surface area contributed by atoms with Crippen LogP contribution in [0.5, 0.6) is 0 Å². The molecule has 1 nitrogen and oxygen atoms in total. The fourth-order valence-electron chi connectivity index (χ4n) is 4.36. The number of nitrogens with zero attached hydrogens (tertiary/aromatic N) is 1. The molecule has 0 atom stereocenters. The third-order valence-corrected chi connectivity index (χ3v) is 5.89. The molecule has 0 amide bonds. The normalized spacial score (nSPS) is 12.0. The summed E-state index contributed by atoms with van der Waals surface area (Å²) >= 11 is 3.65. The van der Waals surface area contributed by atoms with Crippen molar-refractivity contribution < 1.29 is 0 Å². The van der Waals surface area contributed by atoms with E-state index in [0.29, 0.717) is 0 Å². The Labute approximate surface area is 159 Å². The molecule has 6 rings (SSSR count). The lowest BCUT2D eigenvalue weighted by Gasteiger charge is -2.12. The number of hydrogen-bond donors (Lipinski definition) is 0. The molecule has 0 saturated heterocycles. The molecule has 2 heterocycles. The second-order valence-electron chi connectivity index (χ2n) is 6.76. The van der Waals surface area contributed by atoms with Gasteiger partial charge in [0.2, 0.25) is 0 Å². The fourth-order valence-corrected chi connectivity index (χ4v) is 4.72. The lowest BCUT2D eigenvalue weighted by Crippen LogP contribution is -1.95. The maximum Gasteiger partial charge on any atom is 0.0619 e. The summed E-state index contributed by atoms with van der Waals surface area (Å²) in [6.07, 6.45) is 0. The average molecular weight is 396 g/mol. The van der Waals surface area contributed by atoms with Gasteiger partial charge in [0, 0.05) is 26.4 Å². The Hall–Kier alpha value is -2.84. The lowest BCUT2D eigenvalue weighted by atomic mass is 9.94. The number of halogens is 1. The average Bonchev–Trinajstić information content (AvgIpc) is 2.95. The van der Waals surface area contributed by atoms with Crippen molar-refractivity contribution in [3.05, 3.63) is 89.4 Å². The molecular weight excluding hydrogens is 382 g/mol. The van der Waals surface area contributed by atoms with Gasteiger partial charge >= 0.3 is 0 Å². The predicted octanol–water partition coefficient (Wildman–Crippen LogP) is 7.19. The van der Waals surface area contributed by atoms with Crippen molar-refractivity contribution in [2.45, 2.75) is 0 Å². The highest BCUT2D eigenvalue weighted by molar-refractivity contribution is 9.10. The zero-order valence-corrected chi connectivity index (χ0v) is 15.5. The number of fused-ring (bicyclic) bond motifs is 8. The number of aromatic nitrogens is 1. The van der Waals surface area contributed by atoms with E-state index >= 15 is 0 Å². The van der Waals surface area contributed by atoms with Gasteiger partial charge in [-0.05, 0) is 35.4 Å². The van der Waals surface area contributed by atoms with Crippen LogP contribution in [0.1, 0.15) is 0 Å². The zero-order chi connectivity index (χ0) is 17.3. The molecule has 0 aliphatic carbocycles. The Morgan fingerprint density at radius 2 is 1.27 bits per heavy atom. The van der Waals surface area contributed by atoms with Gasteiger partial charge < -0.3 is 4.57 Å². The first-order valence-electron chi connectivity index (χ1n) is 8.75. The number of hydrogen-bond acceptors (Lipinski definition) is 0. The summed E-state index contributed by atoms with van der Waals surface area (Å²) in [5.74, 6) is 0. The van der Waals surface area contributed by atoms with Gasteiger partial charge in [-0.15, -0.1) is 0 Å². The summed E-state index contributed by atoms with van der Waals surface area (Å²) in [5.41, 5.74) is 8.94. The number of rotatable bonds is 0. The molecule has 0 bridgehead atoms. The van der Waals surface area contributed by atoms with Crippen LogP contribution in [-0.4, -0.2) is 4.57 Å². The SMILES string of the molecule is Brc1ccc2c(c1)c1cccc3c1n2-c1ccccc1-c1ccccc1-3. The molecule has 0 radical (unpaired) electrons. The van der Waals surface area contributed by atoms with Crippen LogP contribution in [0.3, 0.4) is 0 Å². The Kier molecular flexibility index (Phi) is 2.81. The molecule has 0 fully saturated rings. The molecule has 2 heteroatoms. The number of benzene rings is 4. The van der Waals surface area contributed by atoms with Gasteiger partial charge in [-0.3, -0.25) is 0 Å². The van der Waals surface area contributed by atoms with Gasteiger partial charge in [-0.2, -0.15) is 0 Å². The Morgan fingerprint density at radius 1 is 0.577 bits per heavy atom. The first-order valence-corrected chi connectivity index (χ1v) is 9.54. The molecular formula is C24H14BrN. The summed E-state index contributed by atoms with van der Waals surface area (Å²) in [6.45, 7) is 0. The summed E-state index contributed by atoms with van der Waals surface area (Å²) < 4.78 is 3.54. The molecule has 1 aliphatic rings. The third-order valence-electron chi connectivity index (χ3n) is 5.40. The van der Waals surface area contributed by atoms with Crippen molar-refractivity contribution in [3.8, 4) is 27.9 Å². The van der Waals surface area contributed by atoms with Crippen LogP contribution in [0, 0.1) is 0 Å². The molecule has 0 unspecified atom stereocenters. The molecule has 0 saturated carbocycles. The zero-order valence-electron chi connectivity index (χ0n) is 13.9. The predicted molar refractivity (Wildman–Crippen MR) is 113 cm³/mol. The monoisotopic (exact) mass is 395 g/mol. The van der Waals surface area contributed by atoms with E-state index in [1.54, 1.807) is 0 Å². The molecule has 5 aromatic rings. The van der Waals surface area contributed by atoms with Gasteiger partial charge in [-0.25, -0.2) is 0 Å². The van der Waals surface area contributed by atoms with Gasteiger partial charge in [0.1, 0.15) is 0 Å². The minimum atomic E-state index is 1.11. The Morgan fingerprint density at radius 3 is 2.12 bits per heavy atom. The van der Waals surface area contributed by atoms with E-state index < -0.39 is 0 Å². The Balaban J connectivity index is 1.97. The van der Waals surface area contributed by atoms with Crippen LogP contribution in [-0.2, 0) is 0 Å². The first-order chi connectivity index (χ1) is 12.8. The largest absolute Gasteiger partial charge is 0.308 e. The fraction of sp³-hybridized carbons (Fsp3) is 0. The van der Waals surface area contributed by atoms with Gasteiger partial charge in [-0.1, -0.05) is 76.6 Å². The van der Waals surface area contributed by atoms with Crippen LogP contribution in [0.25, 0.3) is 49.7 Å². The summed E-state index contributed by atoms with van der Waals surface area (Å²) in [6, 6.07) is 30.7. The smallest absolute Gasteiger partial charge is 0.0619 e. The lowest BCUT2D eigenvalue weighted by molar-refractivity contribution is 1.19. The van der Waals surface area contributed by atoms with Gasteiger partial charge in [0.25, 0.3) is 0 Å². The van der Waals surface area contributed by atoms with E-state index in [2.05, 4.69) is 105 Å². The minimum Gasteiger partial charge on any atom is -0.308 e. The molecule has 0 spiro atoms. The third kappa shape index (κ3) is 1.75. The summed E-state index contributed by atoms with van der Waals surface area (Å²) in [4.78, 5) is 0. The molecule has 1 aliphatic heterocycles. The summed E-state index contributed by atoms with van der Waals surface area (Å²) in [5, 5.41) is 2.58. The molecule has 0 N–H and O–H groups in total. The number of para-hydroxylation sites is 2. The molecule has 4 aromatic carbocycles. The van der Waals surface area contributed by atoms with Crippen LogP contribution >= 0.6 is 15.9 Å². The van der Waals surface area contributed by atoms with E-state index in [0.717, 1.165) is 4.47 Å². The topological polar surface area (TPSA) is 4.93 Å². The standard InChI is InChI=1S/C24H14BrN/c25-15-12-13-23-21(14-15)20-10-5-9-19-17-7-2-1-6-16(17)18-8-3-4-11-22(18)26(23)24(19)20/h1-14H. The quantitative estimate of drug-likeness (QED) is 0.256. The van der Waals surface area contributed by atoms with Crippen molar-refractivity contribution in [1.29, 1.82) is 0 Å². The minimum absolute atomic E-state index is 1.11. The van der Waals surface area contributed by atoms with E-state index in [-0.39, 0.29) is 0 Å². The van der Waals surface area contributed by atoms with Crippen molar-refractivity contribution in [2.24, 2.45) is 0 Å².